The van der Waals surface area contributed by atoms with Gasteiger partial charge in [0.15, 0.2) is 5.82 Å². The molecule has 1 aromatic carbocycles. The van der Waals surface area contributed by atoms with Gasteiger partial charge in [-0.1, -0.05) is 48.3 Å². The Labute approximate surface area is 150 Å². The number of hydrogen-bond acceptors (Lipinski definition) is 5. The lowest BCUT2D eigenvalue weighted by Gasteiger charge is -2.15. The number of benzene rings is 1. The fourth-order valence-electron chi connectivity index (χ4n) is 2.78. The SMILES string of the molecule is CC(Sc1nnc(-c2cccc(Cl)c2)n1N)C(=O)NC1CCCC1. The molecule has 6 nitrogen and oxygen atoms in total. The molecule has 1 aromatic heterocycles. The van der Waals surface area contributed by atoms with Crippen molar-refractivity contribution in [1.82, 2.24) is 20.2 Å². The summed E-state index contributed by atoms with van der Waals surface area (Å²) in [7, 11) is 0. The molecule has 0 radical (unpaired) electrons. The molecule has 128 valence electrons. The molecule has 0 saturated heterocycles. The minimum absolute atomic E-state index is 0.0132. The molecule has 1 unspecified atom stereocenters. The number of carbonyl (C=O) groups is 1. The quantitative estimate of drug-likeness (QED) is 0.628. The summed E-state index contributed by atoms with van der Waals surface area (Å²) in [6.07, 6.45) is 4.50. The number of rotatable bonds is 5. The standard InChI is InChI=1S/C16H20ClN5OS/c1-10(15(23)19-13-7-2-3-8-13)24-16-21-20-14(22(16)18)11-5-4-6-12(17)9-11/h4-6,9-10,13H,2-3,7-8,18H2,1H3,(H,19,23). The van der Waals surface area contributed by atoms with Crippen molar-refractivity contribution in [3.8, 4) is 11.4 Å². The van der Waals surface area contributed by atoms with Crippen LogP contribution in [0.2, 0.25) is 5.02 Å². The Morgan fingerprint density at radius 1 is 1.42 bits per heavy atom. The summed E-state index contributed by atoms with van der Waals surface area (Å²) in [5.74, 6) is 6.62. The molecule has 1 aliphatic rings. The lowest BCUT2D eigenvalue weighted by Crippen LogP contribution is -2.37. The average Bonchev–Trinajstić information content (AvgIpc) is 3.18. The first-order valence-electron chi connectivity index (χ1n) is 7.98. The molecule has 1 heterocycles. The van der Waals surface area contributed by atoms with Gasteiger partial charge in [0.25, 0.3) is 0 Å². The van der Waals surface area contributed by atoms with Gasteiger partial charge >= 0.3 is 0 Å². The molecule has 8 heteroatoms. The third-order valence-electron chi connectivity index (χ3n) is 4.10. The monoisotopic (exact) mass is 365 g/mol. The molecule has 0 spiro atoms. The van der Waals surface area contributed by atoms with Gasteiger partial charge in [0.05, 0.1) is 5.25 Å². The highest BCUT2D eigenvalue weighted by atomic mass is 35.5. The maximum Gasteiger partial charge on any atom is 0.233 e. The van der Waals surface area contributed by atoms with Crippen molar-refractivity contribution < 1.29 is 4.79 Å². The van der Waals surface area contributed by atoms with Crippen LogP contribution in [0.15, 0.2) is 29.4 Å². The van der Waals surface area contributed by atoms with Gasteiger partial charge < -0.3 is 11.2 Å². The van der Waals surface area contributed by atoms with Crippen molar-refractivity contribution in [1.29, 1.82) is 0 Å². The number of aromatic nitrogens is 3. The van der Waals surface area contributed by atoms with Crippen LogP contribution in [0.5, 0.6) is 0 Å². The number of nitrogens with zero attached hydrogens (tertiary/aromatic N) is 3. The minimum atomic E-state index is -0.288. The van der Waals surface area contributed by atoms with Gasteiger partial charge in [0.2, 0.25) is 11.1 Å². The van der Waals surface area contributed by atoms with E-state index in [9.17, 15) is 4.79 Å². The van der Waals surface area contributed by atoms with Crippen LogP contribution in [0.1, 0.15) is 32.6 Å². The molecule has 2 aromatic rings. The molecule has 1 amide bonds. The van der Waals surface area contributed by atoms with E-state index >= 15 is 0 Å². The van der Waals surface area contributed by atoms with Gasteiger partial charge in [-0.3, -0.25) is 4.79 Å². The summed E-state index contributed by atoms with van der Waals surface area (Å²) < 4.78 is 1.40. The van der Waals surface area contributed by atoms with Crippen LogP contribution in [0.3, 0.4) is 0 Å². The van der Waals surface area contributed by atoms with Gasteiger partial charge in [-0.25, -0.2) is 4.68 Å². The molecular weight excluding hydrogens is 346 g/mol. The van der Waals surface area contributed by atoms with Crippen molar-refractivity contribution in [3.63, 3.8) is 0 Å². The second kappa shape index (κ2) is 7.44. The number of hydrogen-bond donors (Lipinski definition) is 2. The first-order chi connectivity index (χ1) is 11.5. The largest absolute Gasteiger partial charge is 0.352 e. The highest BCUT2D eigenvalue weighted by Gasteiger charge is 2.23. The summed E-state index contributed by atoms with van der Waals surface area (Å²) in [5, 5.41) is 12.1. The zero-order valence-electron chi connectivity index (χ0n) is 13.4. The van der Waals surface area contributed by atoms with E-state index in [0.717, 1.165) is 18.4 Å². The van der Waals surface area contributed by atoms with E-state index in [0.29, 0.717) is 22.0 Å². The average molecular weight is 366 g/mol. The van der Waals surface area contributed by atoms with Gasteiger partial charge in [-0.15, -0.1) is 10.2 Å². The second-order valence-corrected chi connectivity index (χ2v) is 7.68. The molecular formula is C16H20ClN5OS. The van der Waals surface area contributed by atoms with Gasteiger partial charge in [0.1, 0.15) is 0 Å². The normalized spacial score (nSPS) is 16.2. The molecule has 24 heavy (non-hydrogen) atoms. The zero-order chi connectivity index (χ0) is 17.1. The third kappa shape index (κ3) is 3.84. The van der Waals surface area contributed by atoms with E-state index in [1.807, 2.05) is 19.1 Å². The van der Waals surface area contributed by atoms with E-state index in [1.165, 1.54) is 29.3 Å². The van der Waals surface area contributed by atoms with Crippen molar-refractivity contribution >= 4 is 29.3 Å². The van der Waals surface area contributed by atoms with Crippen molar-refractivity contribution in [3.05, 3.63) is 29.3 Å². The Balaban J connectivity index is 1.68. The molecule has 3 rings (SSSR count). The molecule has 0 bridgehead atoms. The van der Waals surface area contributed by atoms with Gasteiger partial charge in [-0.2, -0.15) is 0 Å². The summed E-state index contributed by atoms with van der Waals surface area (Å²) in [6, 6.07) is 7.56. The van der Waals surface area contributed by atoms with Crippen LogP contribution in [0, 0.1) is 0 Å². The van der Waals surface area contributed by atoms with E-state index in [1.54, 1.807) is 12.1 Å². The van der Waals surface area contributed by atoms with Gasteiger partial charge in [-0.05, 0) is 31.9 Å². The number of carbonyl (C=O) groups excluding carboxylic acids is 1. The van der Waals surface area contributed by atoms with Crippen LogP contribution < -0.4 is 11.2 Å². The molecule has 1 aliphatic carbocycles. The van der Waals surface area contributed by atoms with Crippen molar-refractivity contribution in [2.24, 2.45) is 0 Å². The Morgan fingerprint density at radius 3 is 2.88 bits per heavy atom. The van der Waals surface area contributed by atoms with Crippen LogP contribution in [-0.2, 0) is 4.79 Å². The Morgan fingerprint density at radius 2 is 2.17 bits per heavy atom. The Kier molecular flexibility index (Phi) is 5.30. The summed E-state index contributed by atoms with van der Waals surface area (Å²) in [4.78, 5) is 12.3. The Hall–Kier alpha value is -1.73. The molecule has 1 fully saturated rings. The van der Waals surface area contributed by atoms with E-state index < -0.39 is 0 Å². The number of nitrogens with two attached hydrogens (primary N) is 1. The number of nitrogen functional groups attached to an aromatic ring is 1. The number of thioether (sulfide) groups is 1. The minimum Gasteiger partial charge on any atom is -0.352 e. The summed E-state index contributed by atoms with van der Waals surface area (Å²) in [5.41, 5.74) is 0.785. The summed E-state index contributed by atoms with van der Waals surface area (Å²) >= 11 is 7.31. The summed E-state index contributed by atoms with van der Waals surface area (Å²) in [6.45, 7) is 1.85. The van der Waals surface area contributed by atoms with E-state index in [2.05, 4.69) is 15.5 Å². The zero-order valence-corrected chi connectivity index (χ0v) is 15.0. The van der Waals surface area contributed by atoms with E-state index in [-0.39, 0.29) is 11.2 Å². The lowest BCUT2D eigenvalue weighted by atomic mass is 10.2. The van der Waals surface area contributed by atoms with Crippen LogP contribution in [-0.4, -0.2) is 32.1 Å². The van der Waals surface area contributed by atoms with Gasteiger partial charge in [0, 0.05) is 16.6 Å². The van der Waals surface area contributed by atoms with E-state index in [4.69, 9.17) is 17.4 Å². The second-order valence-electron chi connectivity index (χ2n) is 5.94. The predicted octanol–water partition coefficient (Wildman–Crippen LogP) is 2.85. The van der Waals surface area contributed by atoms with Crippen LogP contribution in [0.25, 0.3) is 11.4 Å². The van der Waals surface area contributed by atoms with Crippen LogP contribution in [0.4, 0.5) is 0 Å². The fourth-order valence-corrected chi connectivity index (χ4v) is 3.75. The smallest absolute Gasteiger partial charge is 0.233 e. The third-order valence-corrected chi connectivity index (χ3v) is 5.39. The molecule has 3 N–H and O–H groups in total. The maximum atomic E-state index is 12.3. The predicted molar refractivity (Wildman–Crippen MR) is 96.3 cm³/mol. The number of amides is 1. The fraction of sp³-hybridized carbons (Fsp3) is 0.438. The number of halogens is 1. The first-order valence-corrected chi connectivity index (χ1v) is 9.24. The highest BCUT2D eigenvalue weighted by molar-refractivity contribution is 8.00. The topological polar surface area (TPSA) is 85.8 Å². The number of nitrogens with one attached hydrogen (secondary N) is 1. The molecule has 1 atom stereocenters. The first kappa shape index (κ1) is 17.1. The Bertz CT molecular complexity index is 729. The maximum absolute atomic E-state index is 12.3. The van der Waals surface area contributed by atoms with Crippen molar-refractivity contribution in [2.45, 2.75) is 49.1 Å². The van der Waals surface area contributed by atoms with Crippen LogP contribution >= 0.6 is 23.4 Å². The lowest BCUT2D eigenvalue weighted by molar-refractivity contribution is -0.120. The molecule has 1 saturated carbocycles. The molecule has 0 aliphatic heterocycles. The van der Waals surface area contributed by atoms with Crippen molar-refractivity contribution in [2.75, 3.05) is 5.84 Å². The highest BCUT2D eigenvalue weighted by Crippen LogP contribution is 2.26.